The van der Waals surface area contributed by atoms with Gasteiger partial charge in [0.15, 0.2) is 0 Å². The number of aromatic nitrogens is 2. The Morgan fingerprint density at radius 3 is 2.43 bits per heavy atom. The maximum atomic E-state index is 12.2. The average molecular weight is 317 g/mol. The molecule has 0 aliphatic carbocycles. The number of carbonyl (C=O) groups excluding carboxylic acids is 2. The summed E-state index contributed by atoms with van der Waals surface area (Å²) < 4.78 is 1.87. The lowest BCUT2D eigenvalue weighted by molar-refractivity contribution is -0.131. The largest absolute Gasteiger partial charge is 0.339 e. The fraction of sp³-hybridized carbons (Fsp3) is 0.267. The lowest BCUT2D eigenvalue weighted by Crippen LogP contribution is -2.54. The van der Waals surface area contributed by atoms with Crippen LogP contribution in [0.3, 0.4) is 0 Å². The average Bonchev–Trinajstić information content (AvgIpc) is 2.97. The molecule has 1 aromatic heterocycles. The summed E-state index contributed by atoms with van der Waals surface area (Å²) in [6, 6.07) is 5.20. The highest BCUT2D eigenvalue weighted by Crippen LogP contribution is 2.18. The number of rotatable bonds is 5. The zero-order valence-corrected chi connectivity index (χ0v) is 12.9. The predicted octanol–water partition coefficient (Wildman–Crippen LogP) is 0.0381. The van der Waals surface area contributed by atoms with E-state index in [1.807, 2.05) is 11.6 Å². The van der Waals surface area contributed by atoms with Crippen LogP contribution in [0.5, 0.6) is 0 Å². The molecule has 23 heavy (non-hydrogen) atoms. The van der Waals surface area contributed by atoms with Gasteiger partial charge in [0.1, 0.15) is 6.04 Å². The Bertz CT molecular complexity index is 693. The van der Waals surface area contributed by atoms with Crippen LogP contribution in [0.15, 0.2) is 36.8 Å². The van der Waals surface area contributed by atoms with Gasteiger partial charge in [-0.25, -0.2) is 10.5 Å². The van der Waals surface area contributed by atoms with Crippen LogP contribution < -0.4 is 16.5 Å². The van der Waals surface area contributed by atoms with Gasteiger partial charge in [-0.15, -0.1) is 0 Å². The van der Waals surface area contributed by atoms with E-state index in [0.29, 0.717) is 5.56 Å². The van der Waals surface area contributed by atoms with Gasteiger partial charge < -0.3 is 15.6 Å². The Morgan fingerprint density at radius 2 is 1.96 bits per heavy atom. The van der Waals surface area contributed by atoms with Crippen molar-refractivity contribution in [3.05, 3.63) is 42.4 Å². The molecule has 2 amide bonds. The molecule has 0 unspecified atom stereocenters. The normalized spacial score (nSPS) is 13.2. The summed E-state index contributed by atoms with van der Waals surface area (Å²) in [7, 11) is 1.88. The van der Waals surface area contributed by atoms with Gasteiger partial charge in [0.2, 0.25) is 0 Å². The summed E-state index contributed by atoms with van der Waals surface area (Å²) >= 11 is 0. The van der Waals surface area contributed by atoms with Gasteiger partial charge in [-0.2, -0.15) is 0 Å². The second kappa shape index (κ2) is 7.03. The number of nitrogens with two attached hydrogens (primary N) is 1. The summed E-state index contributed by atoms with van der Waals surface area (Å²) in [6.45, 7) is 1.56. The Balaban J connectivity index is 2.14. The fourth-order valence-electron chi connectivity index (χ4n) is 2.16. The van der Waals surface area contributed by atoms with Crippen molar-refractivity contribution in [2.75, 3.05) is 0 Å². The van der Waals surface area contributed by atoms with Crippen molar-refractivity contribution in [2.24, 2.45) is 12.8 Å². The summed E-state index contributed by atoms with van der Waals surface area (Å²) in [5.41, 5.74) is 9.36. The van der Waals surface area contributed by atoms with E-state index in [0.717, 1.165) is 11.3 Å². The number of benzene rings is 1. The van der Waals surface area contributed by atoms with Crippen molar-refractivity contribution in [1.82, 2.24) is 20.3 Å². The van der Waals surface area contributed by atoms with Crippen molar-refractivity contribution < 1.29 is 14.8 Å². The van der Waals surface area contributed by atoms with E-state index in [2.05, 4.69) is 10.3 Å². The molecule has 0 radical (unpaired) electrons. The van der Waals surface area contributed by atoms with Crippen molar-refractivity contribution in [3.63, 3.8) is 0 Å². The lowest BCUT2D eigenvalue weighted by Gasteiger charge is -2.20. The van der Waals surface area contributed by atoms with E-state index in [-0.39, 0.29) is 0 Å². The molecule has 0 fully saturated rings. The molecule has 0 spiro atoms. The van der Waals surface area contributed by atoms with E-state index >= 15 is 0 Å². The molecular formula is C15H19N5O3. The summed E-state index contributed by atoms with van der Waals surface area (Å²) in [6.07, 6.45) is 3.42. The van der Waals surface area contributed by atoms with Gasteiger partial charge in [-0.3, -0.25) is 14.8 Å². The molecule has 1 aromatic carbocycles. The molecule has 2 rings (SSSR count). The number of imidazole rings is 1. The second-order valence-electron chi connectivity index (χ2n) is 5.25. The Morgan fingerprint density at radius 1 is 1.30 bits per heavy atom. The molecule has 122 valence electrons. The molecule has 1 heterocycles. The van der Waals surface area contributed by atoms with Crippen LogP contribution in [0, 0.1) is 0 Å². The van der Waals surface area contributed by atoms with Crippen LogP contribution in [-0.4, -0.2) is 38.7 Å². The molecule has 0 saturated heterocycles. The first-order chi connectivity index (χ1) is 10.9. The summed E-state index contributed by atoms with van der Waals surface area (Å²) in [5.74, 6) is -1.22. The maximum absolute atomic E-state index is 12.2. The topological polar surface area (TPSA) is 122 Å². The number of amides is 2. The SMILES string of the molecule is C[C@@H](N)[C@H](NC(=O)c1ccc(-c2cncn2C)cc1)C(=O)NO. The van der Waals surface area contributed by atoms with Crippen molar-refractivity contribution in [2.45, 2.75) is 19.0 Å². The Hall–Kier alpha value is -2.71. The molecule has 8 nitrogen and oxygen atoms in total. The van der Waals surface area contributed by atoms with Gasteiger partial charge in [-0.1, -0.05) is 12.1 Å². The van der Waals surface area contributed by atoms with Crippen LogP contribution in [0.1, 0.15) is 17.3 Å². The van der Waals surface area contributed by atoms with Gasteiger partial charge in [0.05, 0.1) is 18.2 Å². The quantitative estimate of drug-likeness (QED) is 0.458. The molecule has 0 bridgehead atoms. The molecule has 5 N–H and O–H groups in total. The van der Waals surface area contributed by atoms with Crippen LogP contribution in [-0.2, 0) is 11.8 Å². The summed E-state index contributed by atoms with van der Waals surface area (Å²) in [4.78, 5) is 27.7. The monoisotopic (exact) mass is 317 g/mol. The number of nitrogens with one attached hydrogen (secondary N) is 2. The van der Waals surface area contributed by atoms with Crippen molar-refractivity contribution in [1.29, 1.82) is 0 Å². The Labute approximate surface area is 133 Å². The highest BCUT2D eigenvalue weighted by Gasteiger charge is 2.24. The maximum Gasteiger partial charge on any atom is 0.267 e. The molecule has 8 heteroatoms. The molecule has 2 aromatic rings. The third kappa shape index (κ3) is 3.74. The third-order valence-corrected chi connectivity index (χ3v) is 3.46. The van der Waals surface area contributed by atoms with Crippen LogP contribution in [0.2, 0.25) is 0 Å². The van der Waals surface area contributed by atoms with E-state index in [1.54, 1.807) is 43.7 Å². The minimum atomic E-state index is -1.02. The standard InChI is InChI=1S/C15H19N5O3/c1-9(16)13(15(22)19-23)18-14(21)11-5-3-10(4-6-11)12-7-17-8-20(12)2/h3-9,13,23H,16H2,1-2H3,(H,18,21)(H,19,22)/t9-,13+/m1/s1. The van der Waals surface area contributed by atoms with Crippen LogP contribution >= 0.6 is 0 Å². The fourth-order valence-corrected chi connectivity index (χ4v) is 2.16. The predicted molar refractivity (Wildman–Crippen MR) is 83.5 cm³/mol. The minimum absolute atomic E-state index is 0.382. The van der Waals surface area contributed by atoms with E-state index in [4.69, 9.17) is 10.9 Å². The first kappa shape index (κ1) is 16.7. The number of hydrogen-bond acceptors (Lipinski definition) is 5. The molecular weight excluding hydrogens is 298 g/mol. The van der Waals surface area contributed by atoms with Gasteiger partial charge in [-0.05, 0) is 24.6 Å². The molecule has 0 saturated carbocycles. The van der Waals surface area contributed by atoms with E-state index in [9.17, 15) is 9.59 Å². The van der Waals surface area contributed by atoms with Crippen molar-refractivity contribution in [3.8, 4) is 11.3 Å². The highest BCUT2D eigenvalue weighted by molar-refractivity contribution is 5.97. The van der Waals surface area contributed by atoms with Crippen molar-refractivity contribution >= 4 is 11.8 Å². The number of aryl methyl sites for hydroxylation is 1. The zero-order valence-electron chi connectivity index (χ0n) is 12.9. The Kier molecular flexibility index (Phi) is 5.09. The van der Waals surface area contributed by atoms with Crippen LogP contribution in [0.4, 0.5) is 0 Å². The van der Waals surface area contributed by atoms with Crippen LogP contribution in [0.25, 0.3) is 11.3 Å². The number of carbonyl (C=O) groups is 2. The van der Waals surface area contributed by atoms with E-state index < -0.39 is 23.9 Å². The third-order valence-electron chi connectivity index (χ3n) is 3.46. The molecule has 0 aliphatic heterocycles. The lowest BCUT2D eigenvalue weighted by atomic mass is 10.1. The minimum Gasteiger partial charge on any atom is -0.339 e. The molecule has 0 aliphatic rings. The first-order valence-electron chi connectivity index (χ1n) is 7.01. The molecule has 2 atom stereocenters. The number of nitrogens with zero attached hydrogens (tertiary/aromatic N) is 2. The number of hydroxylamine groups is 1. The van der Waals surface area contributed by atoms with Gasteiger partial charge in [0.25, 0.3) is 11.8 Å². The van der Waals surface area contributed by atoms with Gasteiger partial charge in [0, 0.05) is 18.7 Å². The van der Waals surface area contributed by atoms with E-state index in [1.165, 1.54) is 5.48 Å². The summed E-state index contributed by atoms with van der Waals surface area (Å²) in [5, 5.41) is 11.2. The first-order valence-corrected chi connectivity index (χ1v) is 7.01. The second-order valence-corrected chi connectivity index (χ2v) is 5.25. The highest BCUT2D eigenvalue weighted by atomic mass is 16.5. The smallest absolute Gasteiger partial charge is 0.267 e. The zero-order chi connectivity index (χ0) is 17.0. The van der Waals surface area contributed by atoms with Gasteiger partial charge >= 0.3 is 0 Å². The number of hydrogen-bond donors (Lipinski definition) is 4.